The van der Waals surface area contributed by atoms with Crippen LogP contribution in [0, 0.1) is 6.92 Å². The highest BCUT2D eigenvalue weighted by atomic mass is 16.6. The summed E-state index contributed by atoms with van der Waals surface area (Å²) in [5.41, 5.74) is 5.20. The highest BCUT2D eigenvalue weighted by Crippen LogP contribution is 2.41. The second kappa shape index (κ2) is 5.90. The fraction of sp³-hybridized carbons (Fsp3) is 0.300. The molecule has 7 heteroatoms. The Morgan fingerprint density at radius 3 is 2.74 bits per heavy atom. The largest absolute Gasteiger partial charge is 0.444 e. The van der Waals surface area contributed by atoms with Crippen molar-refractivity contribution in [3.63, 3.8) is 0 Å². The smallest absolute Gasteiger partial charge is 0.415 e. The maximum atomic E-state index is 12.2. The third-order valence-corrected chi connectivity index (χ3v) is 5.40. The molecule has 2 aliphatic heterocycles. The first-order valence-corrected chi connectivity index (χ1v) is 9.12. The Hall–Kier alpha value is -3.22. The summed E-state index contributed by atoms with van der Waals surface area (Å²) in [5.74, 6) is 0.740. The second-order valence-corrected chi connectivity index (χ2v) is 7.01. The number of aryl methyl sites for hydroxylation is 1. The summed E-state index contributed by atoms with van der Waals surface area (Å²) < 4.78 is 7.18. The van der Waals surface area contributed by atoms with Gasteiger partial charge in [0, 0.05) is 11.8 Å². The first-order valence-electron chi connectivity index (χ1n) is 9.12. The molecule has 2 aliphatic rings. The van der Waals surface area contributed by atoms with E-state index in [9.17, 15) is 4.79 Å². The quantitative estimate of drug-likeness (QED) is 0.716. The van der Waals surface area contributed by atoms with Crippen molar-refractivity contribution in [2.75, 3.05) is 4.90 Å². The summed E-state index contributed by atoms with van der Waals surface area (Å²) in [4.78, 5) is 18.5. The topological polar surface area (TPSA) is 73.1 Å². The van der Waals surface area contributed by atoms with Crippen molar-refractivity contribution in [1.29, 1.82) is 0 Å². The molecular weight excluding hydrogens is 342 g/mol. The molecule has 0 saturated carbocycles. The van der Waals surface area contributed by atoms with E-state index in [1.807, 2.05) is 42.3 Å². The fourth-order valence-electron chi connectivity index (χ4n) is 4.01. The van der Waals surface area contributed by atoms with E-state index in [0.29, 0.717) is 0 Å². The van der Waals surface area contributed by atoms with Crippen molar-refractivity contribution < 1.29 is 9.53 Å². The van der Waals surface area contributed by atoms with Crippen LogP contribution >= 0.6 is 0 Å². The van der Waals surface area contributed by atoms with Crippen LogP contribution in [0.5, 0.6) is 0 Å². The number of pyridine rings is 1. The van der Waals surface area contributed by atoms with E-state index in [1.165, 1.54) is 5.56 Å². The van der Waals surface area contributed by atoms with Crippen molar-refractivity contribution in [3.05, 3.63) is 54.0 Å². The zero-order valence-electron chi connectivity index (χ0n) is 15.2. The molecule has 0 spiro atoms. The molecule has 0 bridgehead atoms. The van der Waals surface area contributed by atoms with Crippen LogP contribution in [0.2, 0.25) is 0 Å². The minimum absolute atomic E-state index is 0.0276. The van der Waals surface area contributed by atoms with Crippen molar-refractivity contribution in [1.82, 2.24) is 20.0 Å². The summed E-state index contributed by atoms with van der Waals surface area (Å²) >= 11 is 0. The zero-order valence-corrected chi connectivity index (χ0v) is 15.2. The molecule has 27 heavy (non-hydrogen) atoms. The molecule has 1 amide bonds. The van der Waals surface area contributed by atoms with Gasteiger partial charge in [-0.3, -0.25) is 4.90 Å². The van der Waals surface area contributed by atoms with E-state index in [-0.39, 0.29) is 18.2 Å². The van der Waals surface area contributed by atoms with E-state index in [2.05, 4.69) is 28.3 Å². The monoisotopic (exact) mass is 361 g/mol. The molecule has 1 fully saturated rings. The van der Waals surface area contributed by atoms with Crippen LogP contribution in [0.3, 0.4) is 0 Å². The standard InChI is InChI=1S/C20H19N5O2/c1-3-18-17-9-15-8-13(4-6-16(15)24(17)20(26)27-18)14-5-7-19(21-11-14)25-12(2)10-22-23-25/h4-8,10-11,17-18H,3,9H2,1-2H3/t17-,18-/m0/s1. The van der Waals surface area contributed by atoms with Crippen LogP contribution in [0.1, 0.15) is 24.6 Å². The first-order chi connectivity index (χ1) is 13.2. The van der Waals surface area contributed by atoms with Crippen molar-refractivity contribution in [2.45, 2.75) is 38.8 Å². The lowest BCUT2D eigenvalue weighted by Gasteiger charge is -2.15. The molecule has 0 radical (unpaired) electrons. The van der Waals surface area contributed by atoms with Gasteiger partial charge in [0.15, 0.2) is 5.82 Å². The Bertz CT molecular complexity index is 1030. The van der Waals surface area contributed by atoms with Crippen LogP contribution in [0.4, 0.5) is 10.5 Å². The summed E-state index contributed by atoms with van der Waals surface area (Å²) in [7, 11) is 0. The molecule has 1 aromatic carbocycles. The molecule has 4 heterocycles. The lowest BCUT2D eigenvalue weighted by atomic mass is 10.0. The molecule has 0 unspecified atom stereocenters. The third-order valence-electron chi connectivity index (χ3n) is 5.40. The number of benzene rings is 1. The van der Waals surface area contributed by atoms with E-state index in [1.54, 1.807) is 10.9 Å². The number of fused-ring (bicyclic) bond motifs is 3. The average Bonchev–Trinajstić information content (AvgIpc) is 3.36. The van der Waals surface area contributed by atoms with Crippen molar-refractivity contribution in [2.24, 2.45) is 0 Å². The Balaban J connectivity index is 1.46. The Morgan fingerprint density at radius 1 is 1.19 bits per heavy atom. The molecule has 1 saturated heterocycles. The Kier molecular flexibility index (Phi) is 3.50. The van der Waals surface area contributed by atoms with Gasteiger partial charge in [-0.15, -0.1) is 5.10 Å². The number of carbonyl (C=O) groups excluding carboxylic acids is 1. The number of carbonyl (C=O) groups is 1. The number of amides is 1. The molecule has 7 nitrogen and oxygen atoms in total. The predicted molar refractivity (Wildman–Crippen MR) is 99.9 cm³/mol. The van der Waals surface area contributed by atoms with E-state index < -0.39 is 0 Å². The summed E-state index contributed by atoms with van der Waals surface area (Å²) in [6.45, 7) is 4.00. The number of cyclic esters (lactones) is 1. The summed E-state index contributed by atoms with van der Waals surface area (Å²) in [6.07, 6.45) is 4.96. The van der Waals surface area contributed by atoms with Crippen molar-refractivity contribution >= 4 is 11.8 Å². The summed E-state index contributed by atoms with van der Waals surface area (Å²) in [6, 6.07) is 10.3. The molecule has 5 rings (SSSR count). The molecule has 0 N–H and O–H groups in total. The van der Waals surface area contributed by atoms with E-state index in [4.69, 9.17) is 4.74 Å². The Labute approximate surface area is 156 Å². The molecular formula is C20H19N5O2. The average molecular weight is 361 g/mol. The molecule has 0 aliphatic carbocycles. The summed E-state index contributed by atoms with van der Waals surface area (Å²) in [5, 5.41) is 7.94. The molecule has 136 valence electrons. The van der Waals surface area contributed by atoms with Gasteiger partial charge in [0.1, 0.15) is 6.10 Å². The van der Waals surface area contributed by atoms with Gasteiger partial charge < -0.3 is 4.74 Å². The SMILES string of the molecule is CC[C@@H]1OC(=O)N2c3ccc(-c4ccc(-n5nncc5C)nc4)cc3C[C@@H]12. The van der Waals surface area contributed by atoms with Gasteiger partial charge in [-0.1, -0.05) is 18.2 Å². The minimum atomic E-state index is -0.229. The van der Waals surface area contributed by atoms with Gasteiger partial charge >= 0.3 is 6.09 Å². The Morgan fingerprint density at radius 2 is 2.04 bits per heavy atom. The van der Waals surface area contributed by atoms with Gasteiger partial charge in [-0.25, -0.2) is 9.78 Å². The van der Waals surface area contributed by atoms with Crippen LogP contribution in [0.15, 0.2) is 42.7 Å². The van der Waals surface area contributed by atoms with Crippen molar-refractivity contribution in [3.8, 4) is 16.9 Å². The maximum Gasteiger partial charge on any atom is 0.415 e. The van der Waals surface area contributed by atoms with Crippen LogP contribution in [-0.2, 0) is 11.2 Å². The number of aromatic nitrogens is 4. The van der Waals surface area contributed by atoms with Gasteiger partial charge in [0.05, 0.1) is 23.6 Å². The normalized spacial score (nSPS) is 20.5. The third kappa shape index (κ3) is 2.42. The lowest BCUT2D eigenvalue weighted by Crippen LogP contribution is -2.32. The highest BCUT2D eigenvalue weighted by Gasteiger charge is 2.46. The maximum absolute atomic E-state index is 12.2. The number of rotatable bonds is 3. The second-order valence-electron chi connectivity index (χ2n) is 7.01. The minimum Gasteiger partial charge on any atom is -0.444 e. The van der Waals surface area contributed by atoms with Gasteiger partial charge in [-0.2, -0.15) is 4.68 Å². The predicted octanol–water partition coefficient (Wildman–Crippen LogP) is 3.30. The molecule has 2 atom stereocenters. The van der Waals surface area contributed by atoms with Crippen LogP contribution in [0.25, 0.3) is 16.9 Å². The van der Waals surface area contributed by atoms with Gasteiger partial charge in [0.2, 0.25) is 0 Å². The number of nitrogens with zero attached hydrogens (tertiary/aromatic N) is 5. The molecule has 2 aromatic heterocycles. The van der Waals surface area contributed by atoms with Crippen LogP contribution < -0.4 is 4.90 Å². The number of hydrogen-bond acceptors (Lipinski definition) is 5. The lowest BCUT2D eigenvalue weighted by molar-refractivity contribution is 0.129. The van der Waals surface area contributed by atoms with Crippen LogP contribution in [-0.4, -0.2) is 38.2 Å². The number of hydrogen-bond donors (Lipinski definition) is 0. The molecule has 3 aromatic rings. The fourth-order valence-corrected chi connectivity index (χ4v) is 4.01. The van der Waals surface area contributed by atoms with E-state index >= 15 is 0 Å². The van der Waals surface area contributed by atoms with Gasteiger partial charge in [-0.05, 0) is 55.2 Å². The van der Waals surface area contributed by atoms with Gasteiger partial charge in [0.25, 0.3) is 0 Å². The van der Waals surface area contributed by atoms with E-state index in [0.717, 1.165) is 41.2 Å². The zero-order chi connectivity index (χ0) is 18.5. The first kappa shape index (κ1) is 16.0. The number of ether oxygens (including phenoxy) is 1. The number of anilines is 1. The highest BCUT2D eigenvalue weighted by molar-refractivity contribution is 5.94.